The number of hydrogen-bond donors (Lipinski definition) is 3. The summed E-state index contributed by atoms with van der Waals surface area (Å²) in [5.41, 5.74) is 2.21. The zero-order valence-corrected chi connectivity index (χ0v) is 19.8. The van der Waals surface area contributed by atoms with E-state index in [-0.39, 0.29) is 11.7 Å². The van der Waals surface area contributed by atoms with Gasteiger partial charge in [0, 0.05) is 42.8 Å². The third-order valence-corrected chi connectivity index (χ3v) is 7.34. The fourth-order valence-electron chi connectivity index (χ4n) is 4.51. The van der Waals surface area contributed by atoms with Crippen LogP contribution in [0.3, 0.4) is 0 Å². The normalized spacial score (nSPS) is 20.1. The van der Waals surface area contributed by atoms with E-state index in [4.69, 9.17) is 4.74 Å². The summed E-state index contributed by atoms with van der Waals surface area (Å²) in [6.07, 6.45) is 7.66. The predicted molar refractivity (Wildman–Crippen MR) is 129 cm³/mol. The first-order valence-electron chi connectivity index (χ1n) is 11.5. The quantitative estimate of drug-likeness (QED) is 0.471. The van der Waals surface area contributed by atoms with Gasteiger partial charge < -0.3 is 20.7 Å². The number of thioether (sulfide) groups is 1. The molecular formula is C24H27FN6O2S. The van der Waals surface area contributed by atoms with Crippen molar-refractivity contribution < 1.29 is 13.9 Å². The summed E-state index contributed by atoms with van der Waals surface area (Å²) in [6, 6.07) is 5.97. The summed E-state index contributed by atoms with van der Waals surface area (Å²) in [4.78, 5) is 24.7. The second-order valence-corrected chi connectivity index (χ2v) is 9.60. The van der Waals surface area contributed by atoms with Gasteiger partial charge in [-0.15, -0.1) is 0 Å². The molecule has 34 heavy (non-hydrogen) atoms. The number of pyridine rings is 1. The van der Waals surface area contributed by atoms with Crippen LogP contribution in [0.15, 0.2) is 35.6 Å². The molecule has 0 bridgehead atoms. The highest BCUT2D eigenvalue weighted by Gasteiger charge is 2.22. The Bertz CT molecular complexity index is 1200. The second kappa shape index (κ2) is 10.2. The van der Waals surface area contributed by atoms with Crippen molar-refractivity contribution >= 4 is 34.4 Å². The lowest BCUT2D eigenvalue weighted by Crippen LogP contribution is -2.39. The van der Waals surface area contributed by atoms with Crippen molar-refractivity contribution in [2.45, 2.75) is 55.9 Å². The molecule has 0 spiro atoms. The summed E-state index contributed by atoms with van der Waals surface area (Å²) in [5, 5.41) is 11.6. The van der Waals surface area contributed by atoms with Gasteiger partial charge in [-0.3, -0.25) is 9.78 Å². The number of rotatable bonds is 7. The monoisotopic (exact) mass is 482 g/mol. The molecule has 1 aliphatic heterocycles. The molecule has 1 aromatic carbocycles. The fraction of sp³-hybridized carbons (Fsp3) is 0.417. The van der Waals surface area contributed by atoms with Crippen LogP contribution in [0.25, 0.3) is 10.9 Å². The number of anilines is 1. The van der Waals surface area contributed by atoms with Gasteiger partial charge in [0.15, 0.2) is 11.6 Å². The summed E-state index contributed by atoms with van der Waals surface area (Å²) in [6.45, 7) is 1.28. The molecule has 1 fully saturated rings. The number of nitrogens with one attached hydrogen (secondary N) is 3. The Kier molecular flexibility index (Phi) is 6.89. The van der Waals surface area contributed by atoms with Gasteiger partial charge in [0.1, 0.15) is 16.3 Å². The van der Waals surface area contributed by atoms with E-state index < -0.39 is 0 Å². The molecule has 2 aromatic heterocycles. The van der Waals surface area contributed by atoms with Crippen LogP contribution in [0.1, 0.15) is 36.9 Å². The van der Waals surface area contributed by atoms with E-state index >= 15 is 0 Å². The minimum Gasteiger partial charge on any atom is -0.497 e. The molecule has 1 aliphatic carbocycles. The lowest BCUT2D eigenvalue weighted by atomic mass is 9.91. The summed E-state index contributed by atoms with van der Waals surface area (Å²) < 4.78 is 19.6. The maximum Gasteiger partial charge on any atom is 0.236 e. The molecule has 3 heterocycles. The number of methoxy groups -OCH3 is 1. The molecule has 0 saturated heterocycles. The molecule has 0 unspecified atom stereocenters. The van der Waals surface area contributed by atoms with Crippen LogP contribution in [0.4, 0.5) is 10.2 Å². The van der Waals surface area contributed by atoms with E-state index in [1.807, 2.05) is 12.1 Å². The fourth-order valence-corrected chi connectivity index (χ4v) is 5.21. The van der Waals surface area contributed by atoms with E-state index in [2.05, 4.69) is 30.9 Å². The average molecular weight is 483 g/mol. The van der Waals surface area contributed by atoms with Crippen LogP contribution >= 0.6 is 11.8 Å². The van der Waals surface area contributed by atoms with Crippen molar-refractivity contribution in [3.05, 3.63) is 47.7 Å². The summed E-state index contributed by atoms with van der Waals surface area (Å²) in [7, 11) is 1.54. The number of benzene rings is 1. The summed E-state index contributed by atoms with van der Waals surface area (Å²) in [5.74, 6) is 1.04. The van der Waals surface area contributed by atoms with Gasteiger partial charge in [0.05, 0.1) is 24.8 Å². The lowest BCUT2D eigenvalue weighted by Gasteiger charge is -2.30. The Labute approximate surface area is 201 Å². The maximum absolute atomic E-state index is 14.3. The largest absolute Gasteiger partial charge is 0.497 e. The Balaban J connectivity index is 1.12. The van der Waals surface area contributed by atoms with Crippen LogP contribution < -0.4 is 20.7 Å². The SMILES string of the molecule is COc1cc(F)c2nccc(CNC3CCC(NCc4cnc5c(n4)NC(=O)CS5)CC3)c2c1. The third kappa shape index (κ3) is 5.13. The Morgan fingerprint density at radius 3 is 2.68 bits per heavy atom. The number of nitrogens with zero attached hydrogens (tertiary/aromatic N) is 3. The van der Waals surface area contributed by atoms with Crippen LogP contribution in [0.2, 0.25) is 0 Å². The molecule has 8 nitrogen and oxygen atoms in total. The highest BCUT2D eigenvalue weighted by molar-refractivity contribution is 8.00. The van der Waals surface area contributed by atoms with Crippen LogP contribution in [-0.4, -0.2) is 45.8 Å². The zero-order chi connectivity index (χ0) is 23.5. The minimum absolute atomic E-state index is 0.0354. The molecule has 10 heteroatoms. The molecule has 178 valence electrons. The van der Waals surface area contributed by atoms with E-state index in [9.17, 15) is 9.18 Å². The number of amides is 1. The number of carbonyl (C=O) groups is 1. The number of hydrogen-bond acceptors (Lipinski definition) is 8. The number of fused-ring (bicyclic) bond motifs is 2. The highest BCUT2D eigenvalue weighted by atomic mass is 32.2. The van der Waals surface area contributed by atoms with E-state index in [0.717, 1.165) is 47.4 Å². The zero-order valence-electron chi connectivity index (χ0n) is 18.9. The van der Waals surface area contributed by atoms with Gasteiger partial charge in [0.25, 0.3) is 0 Å². The maximum atomic E-state index is 14.3. The minimum atomic E-state index is -0.368. The van der Waals surface area contributed by atoms with Gasteiger partial charge in [0.2, 0.25) is 5.91 Å². The van der Waals surface area contributed by atoms with Crippen molar-refractivity contribution in [1.29, 1.82) is 0 Å². The molecule has 1 amide bonds. The number of halogens is 1. The predicted octanol–water partition coefficient (Wildman–Crippen LogP) is 3.41. The van der Waals surface area contributed by atoms with Crippen molar-refractivity contribution in [3.8, 4) is 5.75 Å². The first-order valence-corrected chi connectivity index (χ1v) is 12.4. The number of ether oxygens (including phenoxy) is 1. The van der Waals surface area contributed by atoms with Crippen molar-refractivity contribution in [2.75, 3.05) is 18.2 Å². The van der Waals surface area contributed by atoms with Gasteiger partial charge >= 0.3 is 0 Å². The summed E-state index contributed by atoms with van der Waals surface area (Å²) >= 11 is 1.42. The molecule has 2 aliphatic rings. The molecular weight excluding hydrogens is 455 g/mol. The Morgan fingerprint density at radius 2 is 1.91 bits per heavy atom. The molecule has 3 N–H and O–H groups in total. The third-order valence-electron chi connectivity index (χ3n) is 6.36. The van der Waals surface area contributed by atoms with Crippen LogP contribution in [-0.2, 0) is 17.9 Å². The number of carbonyl (C=O) groups excluding carboxylic acids is 1. The van der Waals surface area contributed by atoms with Gasteiger partial charge in [-0.2, -0.15) is 0 Å². The van der Waals surface area contributed by atoms with E-state index in [1.54, 1.807) is 12.4 Å². The van der Waals surface area contributed by atoms with Gasteiger partial charge in [-0.25, -0.2) is 14.4 Å². The Hall–Kier alpha value is -2.82. The van der Waals surface area contributed by atoms with Crippen LogP contribution in [0, 0.1) is 5.82 Å². The molecule has 1 saturated carbocycles. The second-order valence-electron chi connectivity index (χ2n) is 8.64. The van der Waals surface area contributed by atoms with Crippen LogP contribution in [0.5, 0.6) is 5.75 Å². The molecule has 5 rings (SSSR count). The van der Waals surface area contributed by atoms with E-state index in [0.29, 0.717) is 48.0 Å². The lowest BCUT2D eigenvalue weighted by molar-refractivity contribution is -0.113. The van der Waals surface area contributed by atoms with Crippen molar-refractivity contribution in [3.63, 3.8) is 0 Å². The van der Waals surface area contributed by atoms with E-state index in [1.165, 1.54) is 24.9 Å². The van der Waals surface area contributed by atoms with Gasteiger partial charge in [-0.1, -0.05) is 11.8 Å². The van der Waals surface area contributed by atoms with Crippen molar-refractivity contribution in [2.24, 2.45) is 0 Å². The van der Waals surface area contributed by atoms with Gasteiger partial charge in [-0.05, 0) is 43.4 Å². The smallest absolute Gasteiger partial charge is 0.236 e. The number of aromatic nitrogens is 3. The first kappa shape index (κ1) is 22.9. The average Bonchev–Trinajstić information content (AvgIpc) is 2.86. The highest BCUT2D eigenvalue weighted by Crippen LogP contribution is 2.28. The standard InChI is InChI=1S/C24H27FN6O2S/c1-33-18-8-19-14(6-7-26-22(19)20(25)9-18)10-27-15-2-4-16(5-3-15)28-11-17-12-29-24-23(30-17)31-21(32)13-34-24/h6-9,12,15-16,27-28H,2-5,10-11,13H2,1H3,(H,30,31,32). The topological polar surface area (TPSA) is 101 Å². The van der Waals surface area contributed by atoms with Crippen molar-refractivity contribution in [1.82, 2.24) is 25.6 Å². The first-order chi connectivity index (χ1) is 16.6. The molecule has 0 radical (unpaired) electrons. The molecule has 3 aromatic rings. The molecule has 0 atom stereocenters. The Morgan fingerprint density at radius 1 is 1.15 bits per heavy atom.